The van der Waals surface area contributed by atoms with Crippen LogP contribution in [0, 0.1) is 0 Å². The molecule has 1 unspecified atom stereocenters. The van der Waals surface area contributed by atoms with Gasteiger partial charge >= 0.3 is 5.97 Å². The summed E-state index contributed by atoms with van der Waals surface area (Å²) < 4.78 is 5.59. The number of aliphatic carboxylic acids is 1. The standard InChI is InChI=1S/C13H18O3/c1-3-4-9-16-12-8-6-5-7-11(12)10(2)13(14)15/h5-8,10H,3-4,9H2,1-2H3,(H,14,15). The van der Waals surface area contributed by atoms with E-state index in [1.807, 2.05) is 18.2 Å². The quantitative estimate of drug-likeness (QED) is 0.752. The second-order valence-corrected chi connectivity index (χ2v) is 3.80. The molecule has 0 saturated carbocycles. The second kappa shape index (κ2) is 6.16. The molecule has 0 fully saturated rings. The molecule has 1 atom stereocenters. The Kier molecular flexibility index (Phi) is 4.83. The third-order valence-electron chi connectivity index (χ3n) is 2.51. The Morgan fingerprint density at radius 1 is 1.44 bits per heavy atom. The van der Waals surface area contributed by atoms with E-state index in [0.29, 0.717) is 12.4 Å². The zero-order chi connectivity index (χ0) is 12.0. The Morgan fingerprint density at radius 3 is 2.75 bits per heavy atom. The van der Waals surface area contributed by atoms with E-state index in [-0.39, 0.29) is 0 Å². The summed E-state index contributed by atoms with van der Waals surface area (Å²) in [5, 5.41) is 8.98. The molecule has 1 rings (SSSR count). The van der Waals surface area contributed by atoms with Crippen LogP contribution in [0.15, 0.2) is 24.3 Å². The number of ether oxygens (including phenoxy) is 1. The molecule has 0 saturated heterocycles. The summed E-state index contributed by atoms with van der Waals surface area (Å²) in [5.41, 5.74) is 0.742. The number of hydrogen-bond donors (Lipinski definition) is 1. The maximum absolute atomic E-state index is 10.9. The minimum absolute atomic E-state index is 0.530. The normalized spacial score (nSPS) is 12.1. The van der Waals surface area contributed by atoms with Gasteiger partial charge in [0.1, 0.15) is 5.75 Å². The third-order valence-corrected chi connectivity index (χ3v) is 2.51. The van der Waals surface area contributed by atoms with Crippen molar-refractivity contribution in [3.63, 3.8) is 0 Å². The molecule has 0 radical (unpaired) electrons. The van der Waals surface area contributed by atoms with Crippen molar-refractivity contribution in [1.29, 1.82) is 0 Å². The summed E-state index contributed by atoms with van der Waals surface area (Å²) in [6, 6.07) is 7.32. The first-order valence-electron chi connectivity index (χ1n) is 5.61. The van der Waals surface area contributed by atoms with E-state index in [9.17, 15) is 4.79 Å². The van der Waals surface area contributed by atoms with Crippen LogP contribution in [0.3, 0.4) is 0 Å². The van der Waals surface area contributed by atoms with E-state index >= 15 is 0 Å². The van der Waals surface area contributed by atoms with E-state index < -0.39 is 11.9 Å². The van der Waals surface area contributed by atoms with Gasteiger partial charge in [0.05, 0.1) is 12.5 Å². The number of para-hydroxylation sites is 1. The lowest BCUT2D eigenvalue weighted by atomic mass is 10.0. The Morgan fingerprint density at radius 2 is 2.12 bits per heavy atom. The Hall–Kier alpha value is -1.51. The van der Waals surface area contributed by atoms with Crippen LogP contribution in [0.25, 0.3) is 0 Å². The highest BCUT2D eigenvalue weighted by atomic mass is 16.5. The molecular weight excluding hydrogens is 204 g/mol. The van der Waals surface area contributed by atoms with E-state index in [1.165, 1.54) is 0 Å². The molecule has 16 heavy (non-hydrogen) atoms. The van der Waals surface area contributed by atoms with Gasteiger partial charge in [-0.05, 0) is 19.4 Å². The molecule has 1 aromatic rings. The Labute approximate surface area is 96.1 Å². The van der Waals surface area contributed by atoms with Crippen LogP contribution in [0.2, 0.25) is 0 Å². The van der Waals surface area contributed by atoms with Gasteiger partial charge in [-0.1, -0.05) is 31.5 Å². The van der Waals surface area contributed by atoms with Crippen molar-refractivity contribution in [3.05, 3.63) is 29.8 Å². The smallest absolute Gasteiger partial charge is 0.310 e. The van der Waals surface area contributed by atoms with Crippen LogP contribution in [0.5, 0.6) is 5.75 Å². The molecule has 0 heterocycles. The van der Waals surface area contributed by atoms with Gasteiger partial charge in [0.15, 0.2) is 0 Å². The molecule has 0 aliphatic heterocycles. The Bertz CT molecular complexity index is 347. The first kappa shape index (κ1) is 12.6. The highest BCUT2D eigenvalue weighted by Gasteiger charge is 2.17. The molecule has 0 aliphatic carbocycles. The predicted octanol–water partition coefficient (Wildman–Crippen LogP) is 3.05. The van der Waals surface area contributed by atoms with E-state index in [4.69, 9.17) is 9.84 Å². The second-order valence-electron chi connectivity index (χ2n) is 3.80. The highest BCUT2D eigenvalue weighted by Crippen LogP contribution is 2.26. The summed E-state index contributed by atoms with van der Waals surface area (Å²) in [4.78, 5) is 10.9. The molecule has 0 aromatic heterocycles. The number of benzene rings is 1. The zero-order valence-electron chi connectivity index (χ0n) is 9.77. The van der Waals surface area contributed by atoms with Gasteiger partial charge in [-0.25, -0.2) is 0 Å². The summed E-state index contributed by atoms with van der Waals surface area (Å²) in [6.07, 6.45) is 2.05. The Balaban J connectivity index is 2.79. The largest absolute Gasteiger partial charge is 0.493 e. The fourth-order valence-electron chi connectivity index (χ4n) is 1.43. The predicted molar refractivity (Wildman–Crippen MR) is 62.9 cm³/mol. The van der Waals surface area contributed by atoms with Gasteiger partial charge < -0.3 is 9.84 Å². The lowest BCUT2D eigenvalue weighted by Gasteiger charge is -2.13. The first-order chi connectivity index (χ1) is 7.66. The number of carbonyl (C=O) groups is 1. The van der Waals surface area contributed by atoms with Gasteiger partial charge in [0, 0.05) is 5.56 Å². The topological polar surface area (TPSA) is 46.5 Å². The first-order valence-corrected chi connectivity index (χ1v) is 5.61. The lowest BCUT2D eigenvalue weighted by molar-refractivity contribution is -0.138. The van der Waals surface area contributed by atoms with Crippen molar-refractivity contribution in [2.24, 2.45) is 0 Å². The molecule has 3 nitrogen and oxygen atoms in total. The number of unbranched alkanes of at least 4 members (excludes halogenated alkanes) is 1. The summed E-state index contributed by atoms with van der Waals surface area (Å²) in [5.74, 6) is -0.671. The monoisotopic (exact) mass is 222 g/mol. The maximum atomic E-state index is 10.9. The maximum Gasteiger partial charge on any atom is 0.310 e. The fraction of sp³-hybridized carbons (Fsp3) is 0.462. The average molecular weight is 222 g/mol. The molecule has 0 spiro atoms. The lowest BCUT2D eigenvalue weighted by Crippen LogP contribution is -2.09. The number of carboxylic acid groups (broad SMARTS) is 1. The van der Waals surface area contributed by atoms with Gasteiger partial charge in [-0.3, -0.25) is 4.79 Å². The average Bonchev–Trinajstić information content (AvgIpc) is 2.29. The van der Waals surface area contributed by atoms with E-state index in [1.54, 1.807) is 13.0 Å². The van der Waals surface area contributed by atoms with Gasteiger partial charge in [0.25, 0.3) is 0 Å². The van der Waals surface area contributed by atoms with Crippen molar-refractivity contribution < 1.29 is 14.6 Å². The fourth-order valence-corrected chi connectivity index (χ4v) is 1.43. The van der Waals surface area contributed by atoms with Crippen LogP contribution in [-0.4, -0.2) is 17.7 Å². The highest BCUT2D eigenvalue weighted by molar-refractivity contribution is 5.76. The minimum Gasteiger partial charge on any atom is -0.493 e. The van der Waals surface area contributed by atoms with Crippen LogP contribution in [0.1, 0.15) is 38.2 Å². The van der Waals surface area contributed by atoms with Gasteiger partial charge in [0.2, 0.25) is 0 Å². The van der Waals surface area contributed by atoms with Crippen molar-refractivity contribution in [2.75, 3.05) is 6.61 Å². The van der Waals surface area contributed by atoms with Gasteiger partial charge in [-0.2, -0.15) is 0 Å². The van der Waals surface area contributed by atoms with Crippen LogP contribution in [-0.2, 0) is 4.79 Å². The van der Waals surface area contributed by atoms with E-state index in [0.717, 1.165) is 18.4 Å². The number of rotatable bonds is 6. The van der Waals surface area contributed by atoms with Crippen molar-refractivity contribution >= 4 is 5.97 Å². The van der Waals surface area contributed by atoms with Crippen molar-refractivity contribution in [1.82, 2.24) is 0 Å². The SMILES string of the molecule is CCCCOc1ccccc1C(C)C(=O)O. The van der Waals surface area contributed by atoms with Crippen LogP contribution in [0.4, 0.5) is 0 Å². The van der Waals surface area contributed by atoms with E-state index in [2.05, 4.69) is 6.92 Å². The van der Waals surface area contributed by atoms with Gasteiger partial charge in [-0.15, -0.1) is 0 Å². The zero-order valence-corrected chi connectivity index (χ0v) is 9.77. The third kappa shape index (κ3) is 3.26. The van der Waals surface area contributed by atoms with Crippen LogP contribution < -0.4 is 4.74 Å². The summed E-state index contributed by atoms with van der Waals surface area (Å²) in [7, 11) is 0. The summed E-state index contributed by atoms with van der Waals surface area (Å²) >= 11 is 0. The van der Waals surface area contributed by atoms with Crippen LogP contribution >= 0.6 is 0 Å². The molecule has 88 valence electrons. The summed E-state index contributed by atoms with van der Waals surface area (Å²) in [6.45, 7) is 4.40. The minimum atomic E-state index is -0.827. The number of hydrogen-bond acceptors (Lipinski definition) is 2. The molecular formula is C13H18O3. The molecule has 3 heteroatoms. The molecule has 0 bridgehead atoms. The van der Waals surface area contributed by atoms with Crippen molar-refractivity contribution in [3.8, 4) is 5.75 Å². The number of carboxylic acids is 1. The van der Waals surface area contributed by atoms with Crippen molar-refractivity contribution in [2.45, 2.75) is 32.6 Å². The molecule has 1 aromatic carbocycles. The molecule has 0 amide bonds. The molecule has 1 N–H and O–H groups in total. The molecule has 0 aliphatic rings.